The predicted octanol–water partition coefficient (Wildman–Crippen LogP) is 3.63. The molecule has 4 nitrogen and oxygen atoms in total. The van der Waals surface area contributed by atoms with Crippen molar-refractivity contribution in [1.82, 2.24) is 4.98 Å². The van der Waals surface area contributed by atoms with Crippen molar-refractivity contribution in [1.29, 1.82) is 0 Å². The number of hydrogen-bond donors (Lipinski definition) is 2. The molecule has 0 bridgehead atoms. The summed E-state index contributed by atoms with van der Waals surface area (Å²) in [6.45, 7) is 5.84. The number of aromatic carboxylic acids is 1. The maximum atomic E-state index is 10.9. The number of rotatable bonds is 4. The first-order chi connectivity index (χ1) is 8.97. The second-order valence-corrected chi connectivity index (χ2v) is 5.71. The smallest absolute Gasteiger partial charge is 0.355 e. The average molecular weight is 276 g/mol. The number of carboxylic acid groups (broad SMARTS) is 1. The Labute approximate surface area is 116 Å². The van der Waals surface area contributed by atoms with Crippen LogP contribution in [0.2, 0.25) is 0 Å². The summed E-state index contributed by atoms with van der Waals surface area (Å²) in [5.41, 5.74) is 2.49. The predicted molar refractivity (Wildman–Crippen MR) is 77.0 cm³/mol. The molecule has 2 rings (SSSR count). The Balaban J connectivity index is 2.14. The van der Waals surface area contributed by atoms with Crippen LogP contribution in [-0.2, 0) is 0 Å². The molecule has 0 aliphatic rings. The molecule has 0 aliphatic carbocycles. The van der Waals surface area contributed by atoms with Gasteiger partial charge in [-0.3, -0.25) is 0 Å². The Bertz CT molecular complexity index is 590. The maximum absolute atomic E-state index is 10.9. The summed E-state index contributed by atoms with van der Waals surface area (Å²) in [6.07, 6.45) is 0. The zero-order chi connectivity index (χ0) is 14.0. The number of carboxylic acids is 1. The van der Waals surface area contributed by atoms with Crippen LogP contribution in [0.3, 0.4) is 0 Å². The van der Waals surface area contributed by atoms with Gasteiger partial charge in [-0.2, -0.15) is 0 Å². The number of nitrogens with zero attached hydrogens (tertiary/aromatic N) is 1. The molecule has 2 N–H and O–H groups in total. The minimum atomic E-state index is -0.982. The van der Waals surface area contributed by atoms with E-state index in [0.29, 0.717) is 10.0 Å². The van der Waals surface area contributed by atoms with E-state index < -0.39 is 5.97 Å². The molecule has 1 aromatic heterocycles. The Hall–Kier alpha value is -1.88. The maximum Gasteiger partial charge on any atom is 0.355 e. The van der Waals surface area contributed by atoms with Gasteiger partial charge in [0.1, 0.15) is 0 Å². The van der Waals surface area contributed by atoms with E-state index in [0.717, 1.165) is 5.56 Å². The standard InChI is InChI=1S/C14H16N2O2S/c1-8-4-6-11(7-5-8)9(2)15-14-16-12(13(17)18)10(3)19-14/h4-7,9H,1-3H3,(H,15,16)(H,17,18). The Morgan fingerprint density at radius 3 is 2.47 bits per heavy atom. The number of hydrogen-bond acceptors (Lipinski definition) is 4. The first kappa shape index (κ1) is 13.5. The number of anilines is 1. The quantitative estimate of drug-likeness (QED) is 0.895. The van der Waals surface area contributed by atoms with Crippen LogP contribution in [0.5, 0.6) is 0 Å². The van der Waals surface area contributed by atoms with Gasteiger partial charge >= 0.3 is 5.97 Å². The van der Waals surface area contributed by atoms with E-state index >= 15 is 0 Å². The fraction of sp³-hybridized carbons (Fsp3) is 0.286. The highest BCUT2D eigenvalue weighted by Crippen LogP contribution is 2.26. The monoisotopic (exact) mass is 276 g/mol. The molecule has 0 radical (unpaired) electrons. The lowest BCUT2D eigenvalue weighted by Crippen LogP contribution is -2.07. The number of thiazole rings is 1. The van der Waals surface area contributed by atoms with Gasteiger partial charge in [0.25, 0.3) is 0 Å². The molecule has 2 aromatic rings. The highest BCUT2D eigenvalue weighted by atomic mass is 32.1. The summed E-state index contributed by atoms with van der Waals surface area (Å²) < 4.78 is 0. The van der Waals surface area contributed by atoms with E-state index in [4.69, 9.17) is 5.11 Å². The van der Waals surface area contributed by atoms with Crippen LogP contribution in [0.1, 0.15) is 39.5 Å². The normalized spacial score (nSPS) is 12.2. The molecule has 1 unspecified atom stereocenters. The molecule has 0 amide bonds. The molecule has 0 spiro atoms. The summed E-state index contributed by atoms with van der Waals surface area (Å²) >= 11 is 1.37. The number of carbonyl (C=O) groups is 1. The summed E-state index contributed by atoms with van der Waals surface area (Å²) in [5, 5.41) is 12.9. The Morgan fingerprint density at radius 1 is 1.32 bits per heavy atom. The van der Waals surface area contributed by atoms with Gasteiger partial charge in [0, 0.05) is 4.88 Å². The molecule has 0 saturated heterocycles. The van der Waals surface area contributed by atoms with Gasteiger partial charge in [-0.25, -0.2) is 9.78 Å². The topological polar surface area (TPSA) is 62.2 Å². The SMILES string of the molecule is Cc1ccc(C(C)Nc2nc(C(=O)O)c(C)s2)cc1. The summed E-state index contributed by atoms with van der Waals surface area (Å²) in [6, 6.07) is 8.33. The van der Waals surface area contributed by atoms with Crippen LogP contribution in [0.25, 0.3) is 0 Å². The highest BCUT2D eigenvalue weighted by Gasteiger charge is 2.15. The fourth-order valence-electron chi connectivity index (χ4n) is 1.78. The zero-order valence-electron chi connectivity index (χ0n) is 11.1. The molecule has 19 heavy (non-hydrogen) atoms. The fourth-order valence-corrected chi connectivity index (χ4v) is 2.67. The second kappa shape index (κ2) is 5.40. The van der Waals surface area contributed by atoms with E-state index in [2.05, 4.69) is 34.6 Å². The van der Waals surface area contributed by atoms with Gasteiger partial charge in [-0.1, -0.05) is 29.8 Å². The summed E-state index contributed by atoms with van der Waals surface area (Å²) in [5.74, 6) is -0.982. The van der Waals surface area contributed by atoms with Crippen molar-refractivity contribution in [2.75, 3.05) is 5.32 Å². The summed E-state index contributed by atoms with van der Waals surface area (Å²) in [7, 11) is 0. The molecule has 100 valence electrons. The molecular formula is C14H16N2O2S. The molecule has 0 aliphatic heterocycles. The lowest BCUT2D eigenvalue weighted by molar-refractivity contribution is 0.0690. The molecular weight excluding hydrogens is 260 g/mol. The second-order valence-electron chi connectivity index (χ2n) is 4.51. The highest BCUT2D eigenvalue weighted by molar-refractivity contribution is 7.15. The number of aromatic nitrogens is 1. The zero-order valence-corrected chi connectivity index (χ0v) is 11.9. The van der Waals surface area contributed by atoms with E-state index in [1.54, 1.807) is 6.92 Å². The first-order valence-corrected chi connectivity index (χ1v) is 6.83. The summed E-state index contributed by atoms with van der Waals surface area (Å²) in [4.78, 5) is 15.8. The number of benzene rings is 1. The van der Waals surface area contributed by atoms with Crippen LogP contribution in [0.15, 0.2) is 24.3 Å². The van der Waals surface area contributed by atoms with Crippen molar-refractivity contribution in [3.05, 3.63) is 46.0 Å². The van der Waals surface area contributed by atoms with Crippen LogP contribution in [-0.4, -0.2) is 16.1 Å². The van der Waals surface area contributed by atoms with E-state index in [1.165, 1.54) is 16.9 Å². The van der Waals surface area contributed by atoms with E-state index in [1.807, 2.05) is 13.8 Å². The van der Waals surface area contributed by atoms with Gasteiger partial charge in [0.2, 0.25) is 0 Å². The van der Waals surface area contributed by atoms with Crippen LogP contribution < -0.4 is 5.32 Å². The Kier molecular flexibility index (Phi) is 3.85. The minimum Gasteiger partial charge on any atom is -0.476 e. The van der Waals surface area contributed by atoms with Gasteiger partial charge in [0.05, 0.1) is 6.04 Å². The van der Waals surface area contributed by atoms with Crippen molar-refractivity contribution in [3.63, 3.8) is 0 Å². The van der Waals surface area contributed by atoms with Crippen molar-refractivity contribution in [3.8, 4) is 0 Å². The van der Waals surface area contributed by atoms with Gasteiger partial charge in [-0.05, 0) is 26.3 Å². The molecule has 1 atom stereocenters. The third kappa shape index (κ3) is 3.12. The molecule has 1 aromatic carbocycles. The first-order valence-electron chi connectivity index (χ1n) is 6.01. The van der Waals surface area contributed by atoms with Crippen LogP contribution >= 0.6 is 11.3 Å². The van der Waals surface area contributed by atoms with E-state index in [9.17, 15) is 4.79 Å². The number of nitrogens with one attached hydrogen (secondary N) is 1. The lowest BCUT2D eigenvalue weighted by Gasteiger charge is -2.13. The van der Waals surface area contributed by atoms with Crippen LogP contribution in [0.4, 0.5) is 5.13 Å². The van der Waals surface area contributed by atoms with Gasteiger partial charge in [-0.15, -0.1) is 11.3 Å². The van der Waals surface area contributed by atoms with Crippen molar-refractivity contribution in [2.24, 2.45) is 0 Å². The minimum absolute atomic E-state index is 0.0906. The third-order valence-electron chi connectivity index (χ3n) is 2.92. The van der Waals surface area contributed by atoms with Gasteiger partial charge in [0.15, 0.2) is 10.8 Å². The molecule has 0 fully saturated rings. The van der Waals surface area contributed by atoms with Crippen LogP contribution in [0, 0.1) is 13.8 Å². The number of aryl methyl sites for hydroxylation is 2. The average Bonchev–Trinajstić information content (AvgIpc) is 2.71. The molecule has 0 saturated carbocycles. The van der Waals surface area contributed by atoms with Crippen molar-refractivity contribution < 1.29 is 9.90 Å². The Morgan fingerprint density at radius 2 is 1.95 bits per heavy atom. The largest absolute Gasteiger partial charge is 0.476 e. The molecule has 1 heterocycles. The third-order valence-corrected chi connectivity index (χ3v) is 3.82. The van der Waals surface area contributed by atoms with E-state index in [-0.39, 0.29) is 11.7 Å². The molecule has 5 heteroatoms. The van der Waals surface area contributed by atoms with Crippen molar-refractivity contribution >= 4 is 22.4 Å². The van der Waals surface area contributed by atoms with Crippen molar-refractivity contribution in [2.45, 2.75) is 26.8 Å². The lowest BCUT2D eigenvalue weighted by atomic mass is 10.1. The van der Waals surface area contributed by atoms with Gasteiger partial charge < -0.3 is 10.4 Å².